The average Bonchev–Trinajstić information content (AvgIpc) is 2.73. The van der Waals surface area contributed by atoms with Crippen LogP contribution in [0, 0.1) is 20.8 Å². The molecule has 0 aliphatic rings. The van der Waals surface area contributed by atoms with Crippen LogP contribution in [0.4, 0.5) is 0 Å². The number of rotatable bonds is 4. The van der Waals surface area contributed by atoms with Gasteiger partial charge in [0.25, 0.3) is 6.47 Å². The van der Waals surface area contributed by atoms with E-state index in [9.17, 15) is 5.11 Å². The van der Waals surface area contributed by atoms with Gasteiger partial charge in [0.15, 0.2) is 0 Å². The predicted octanol–water partition coefficient (Wildman–Crippen LogP) is 7.84. The molecular weight excluding hydrogens is 364 g/mol. The molecule has 0 unspecified atom stereocenters. The Morgan fingerprint density at radius 1 is 0.862 bits per heavy atom. The largest absolute Gasteiger partial charge is 0.508 e. The molecule has 0 bridgehead atoms. The zero-order valence-corrected chi connectivity index (χ0v) is 20.1. The zero-order chi connectivity index (χ0) is 23.4. The number of hydrogen-bond acceptors (Lipinski definition) is 3. The highest BCUT2D eigenvalue weighted by molar-refractivity contribution is 5.47. The van der Waals surface area contributed by atoms with E-state index in [1.165, 1.54) is 5.56 Å². The summed E-state index contributed by atoms with van der Waals surface area (Å²) in [7, 11) is 0. The third-order valence-electron chi connectivity index (χ3n) is 3.45. The summed E-state index contributed by atoms with van der Waals surface area (Å²) in [6, 6.07) is 9.70. The first-order chi connectivity index (χ1) is 13.9. The van der Waals surface area contributed by atoms with Crippen LogP contribution < -0.4 is 4.74 Å². The molecule has 0 atom stereocenters. The SMILES string of the molecule is CC.CC.CC.CCCc1cc(C)c(Oc2ccc(O)c(C)c2)c(C)c1.O=CO. The van der Waals surface area contributed by atoms with Crippen LogP contribution in [-0.4, -0.2) is 16.7 Å². The minimum Gasteiger partial charge on any atom is -0.508 e. The maximum Gasteiger partial charge on any atom is 0.290 e. The van der Waals surface area contributed by atoms with E-state index >= 15 is 0 Å². The molecule has 2 aromatic rings. The Kier molecular flexibility index (Phi) is 21.8. The fourth-order valence-corrected chi connectivity index (χ4v) is 2.44. The van der Waals surface area contributed by atoms with Crippen molar-refractivity contribution in [3.05, 3.63) is 52.6 Å². The molecule has 0 aliphatic carbocycles. The van der Waals surface area contributed by atoms with Crippen molar-refractivity contribution < 1.29 is 19.7 Å². The predicted molar refractivity (Wildman–Crippen MR) is 126 cm³/mol. The standard InChI is InChI=1S/C18H22O2.3C2H6.CH2O2/c1-5-6-15-9-13(3)18(14(4)10-15)20-16-7-8-17(19)12(2)11-16;3*1-2;2-1-3/h7-11,19H,5-6H2,1-4H3;3*1-2H3;1H,(H,2,3). The van der Waals surface area contributed by atoms with Crippen molar-refractivity contribution >= 4 is 6.47 Å². The van der Waals surface area contributed by atoms with Gasteiger partial charge < -0.3 is 14.9 Å². The molecule has 0 heterocycles. The summed E-state index contributed by atoms with van der Waals surface area (Å²) in [5.41, 5.74) is 4.48. The molecule has 4 heteroatoms. The van der Waals surface area contributed by atoms with Crippen LogP contribution in [0.15, 0.2) is 30.3 Å². The Hall–Kier alpha value is -2.49. The van der Waals surface area contributed by atoms with E-state index in [0.29, 0.717) is 5.75 Å². The number of phenols is 1. The van der Waals surface area contributed by atoms with Crippen LogP contribution in [-0.2, 0) is 11.2 Å². The Morgan fingerprint density at radius 3 is 1.69 bits per heavy atom. The molecule has 166 valence electrons. The van der Waals surface area contributed by atoms with Gasteiger partial charge in [-0.3, -0.25) is 4.79 Å². The second-order valence-corrected chi connectivity index (χ2v) is 5.46. The smallest absolute Gasteiger partial charge is 0.290 e. The number of phenolic OH excluding ortho intramolecular Hbond substituents is 1. The minimum absolute atomic E-state index is 0.250. The number of aryl methyl sites for hydroxylation is 4. The van der Waals surface area contributed by atoms with Crippen LogP contribution in [0.2, 0.25) is 0 Å². The van der Waals surface area contributed by atoms with Crippen LogP contribution in [0.3, 0.4) is 0 Å². The van der Waals surface area contributed by atoms with E-state index in [0.717, 1.165) is 41.0 Å². The third kappa shape index (κ3) is 12.6. The van der Waals surface area contributed by atoms with Gasteiger partial charge >= 0.3 is 0 Å². The summed E-state index contributed by atoms with van der Waals surface area (Å²) < 4.78 is 6.00. The van der Waals surface area contributed by atoms with E-state index in [4.69, 9.17) is 14.6 Å². The monoisotopic (exact) mass is 406 g/mol. The van der Waals surface area contributed by atoms with Crippen molar-refractivity contribution in [1.82, 2.24) is 0 Å². The first-order valence-electron chi connectivity index (χ1n) is 10.6. The van der Waals surface area contributed by atoms with Gasteiger partial charge in [0.05, 0.1) is 0 Å². The molecule has 0 spiro atoms. The molecule has 0 aromatic heterocycles. The fourth-order valence-electron chi connectivity index (χ4n) is 2.44. The summed E-state index contributed by atoms with van der Waals surface area (Å²) in [6.45, 7) is 20.0. The highest BCUT2D eigenvalue weighted by Crippen LogP contribution is 2.32. The van der Waals surface area contributed by atoms with Gasteiger partial charge in [-0.2, -0.15) is 0 Å². The molecule has 2 rings (SSSR count). The van der Waals surface area contributed by atoms with Crippen LogP contribution in [0.5, 0.6) is 17.2 Å². The second kappa shape index (κ2) is 20.2. The zero-order valence-electron chi connectivity index (χ0n) is 20.1. The highest BCUT2D eigenvalue weighted by Gasteiger charge is 2.08. The normalized spacial score (nSPS) is 8.34. The molecule has 0 radical (unpaired) electrons. The quantitative estimate of drug-likeness (QED) is 0.507. The van der Waals surface area contributed by atoms with Gasteiger partial charge in [0.2, 0.25) is 0 Å². The first-order valence-corrected chi connectivity index (χ1v) is 10.6. The fraction of sp³-hybridized carbons (Fsp3) is 0.480. The molecule has 4 nitrogen and oxygen atoms in total. The molecule has 0 amide bonds. The molecular formula is C25H42O4. The lowest BCUT2D eigenvalue weighted by molar-refractivity contribution is -0.122. The lowest BCUT2D eigenvalue weighted by Gasteiger charge is -2.14. The molecule has 29 heavy (non-hydrogen) atoms. The number of carboxylic acid groups (broad SMARTS) is 1. The van der Waals surface area contributed by atoms with E-state index in [1.54, 1.807) is 12.1 Å². The van der Waals surface area contributed by atoms with Crippen LogP contribution >= 0.6 is 0 Å². The summed E-state index contributed by atoms with van der Waals surface area (Å²) >= 11 is 0. The summed E-state index contributed by atoms with van der Waals surface area (Å²) in [6.07, 6.45) is 2.25. The summed E-state index contributed by atoms with van der Waals surface area (Å²) in [5, 5.41) is 16.4. The molecule has 2 aromatic carbocycles. The lowest BCUT2D eigenvalue weighted by atomic mass is 10.0. The van der Waals surface area contributed by atoms with Gasteiger partial charge in [-0.05, 0) is 67.6 Å². The number of ether oxygens (including phenoxy) is 1. The van der Waals surface area contributed by atoms with Crippen molar-refractivity contribution in [2.24, 2.45) is 0 Å². The van der Waals surface area contributed by atoms with Gasteiger partial charge in [0, 0.05) is 0 Å². The van der Waals surface area contributed by atoms with Crippen molar-refractivity contribution in [3.63, 3.8) is 0 Å². The third-order valence-corrected chi connectivity index (χ3v) is 3.45. The van der Waals surface area contributed by atoms with Crippen LogP contribution in [0.25, 0.3) is 0 Å². The molecule has 0 saturated heterocycles. The lowest BCUT2D eigenvalue weighted by Crippen LogP contribution is -1.94. The van der Waals surface area contributed by atoms with Crippen molar-refractivity contribution in [2.45, 2.75) is 82.1 Å². The van der Waals surface area contributed by atoms with Crippen LogP contribution in [0.1, 0.15) is 77.1 Å². The van der Waals surface area contributed by atoms with Gasteiger partial charge in [-0.25, -0.2) is 0 Å². The van der Waals surface area contributed by atoms with E-state index in [1.807, 2.05) is 54.5 Å². The van der Waals surface area contributed by atoms with E-state index in [-0.39, 0.29) is 6.47 Å². The highest BCUT2D eigenvalue weighted by atomic mass is 16.5. The van der Waals surface area contributed by atoms with Gasteiger partial charge in [0.1, 0.15) is 17.2 Å². The maximum absolute atomic E-state index is 9.56. The number of hydrogen-bond donors (Lipinski definition) is 2. The second-order valence-electron chi connectivity index (χ2n) is 5.46. The summed E-state index contributed by atoms with van der Waals surface area (Å²) in [5.74, 6) is 1.97. The van der Waals surface area contributed by atoms with Crippen molar-refractivity contribution in [1.29, 1.82) is 0 Å². The van der Waals surface area contributed by atoms with Crippen molar-refractivity contribution in [3.8, 4) is 17.2 Å². The first kappa shape index (κ1) is 31.2. The van der Waals surface area contributed by atoms with E-state index < -0.39 is 0 Å². The number of carbonyl (C=O) groups is 1. The van der Waals surface area contributed by atoms with E-state index in [2.05, 4.69) is 32.9 Å². The Bertz CT molecular complexity index is 641. The van der Waals surface area contributed by atoms with Gasteiger partial charge in [-0.1, -0.05) is 67.0 Å². The number of benzene rings is 2. The molecule has 0 aliphatic heterocycles. The summed E-state index contributed by atoms with van der Waals surface area (Å²) in [4.78, 5) is 8.36. The van der Waals surface area contributed by atoms with Crippen molar-refractivity contribution in [2.75, 3.05) is 0 Å². The topological polar surface area (TPSA) is 66.8 Å². The average molecular weight is 407 g/mol. The number of aromatic hydroxyl groups is 1. The molecule has 0 fully saturated rings. The Morgan fingerprint density at radius 2 is 1.31 bits per heavy atom. The maximum atomic E-state index is 9.56. The molecule has 2 N–H and O–H groups in total. The Labute approximate surface area is 178 Å². The molecule has 0 saturated carbocycles. The Balaban J connectivity index is -0.000000656. The minimum atomic E-state index is -0.250. The van der Waals surface area contributed by atoms with Gasteiger partial charge in [-0.15, -0.1) is 0 Å².